The maximum absolute atomic E-state index is 13.0. The third kappa shape index (κ3) is 30.6. The Balaban J connectivity index is 3.85. The molecule has 0 saturated heterocycles. The average Bonchev–Trinajstić information content (AvgIpc) is 2.99. The number of Topliss-reactive ketones (excluding diaryl/α,β-unsaturated/α-hetero) is 2. The quantitative estimate of drug-likeness (QED) is 0.0418. The number of allylic oxidation sites excluding steroid dienone is 4. The molecule has 0 N–H and O–H groups in total. The molecule has 0 bridgehead atoms. The minimum atomic E-state index is -0.427. The second-order valence-electron chi connectivity index (χ2n) is 13.4. The van der Waals surface area contributed by atoms with Crippen LogP contribution in [0, 0.1) is 5.92 Å². The summed E-state index contributed by atoms with van der Waals surface area (Å²) in [5.74, 6) is -0.0864. The lowest BCUT2D eigenvalue weighted by atomic mass is 9.91. The van der Waals surface area contributed by atoms with Crippen molar-refractivity contribution in [3.63, 3.8) is 0 Å². The van der Waals surface area contributed by atoms with Crippen LogP contribution >= 0.6 is 0 Å². The van der Waals surface area contributed by atoms with Crippen molar-refractivity contribution < 1.29 is 9.59 Å². The SMILES string of the molecule is CCCCCCCC/C=C\CCCCCCCC(=O)C(CN(C)C)C(=O)CCCCCCC/C=C\CCCCCCCC. The molecule has 0 fully saturated rings. The molecule has 0 radical (unpaired) electrons. The van der Waals surface area contributed by atoms with Crippen LogP contribution in [0.1, 0.15) is 194 Å². The maximum Gasteiger partial charge on any atom is 0.144 e. The first-order valence-electron chi connectivity index (χ1n) is 19.0. The summed E-state index contributed by atoms with van der Waals surface area (Å²) >= 11 is 0. The van der Waals surface area contributed by atoms with Crippen molar-refractivity contribution in [2.24, 2.45) is 5.92 Å². The molecule has 252 valence electrons. The van der Waals surface area contributed by atoms with Crippen molar-refractivity contribution >= 4 is 11.6 Å². The van der Waals surface area contributed by atoms with Crippen LogP contribution in [0.25, 0.3) is 0 Å². The van der Waals surface area contributed by atoms with Crippen LogP contribution in [0.2, 0.25) is 0 Å². The van der Waals surface area contributed by atoms with Crippen LogP contribution in [0.3, 0.4) is 0 Å². The summed E-state index contributed by atoms with van der Waals surface area (Å²) in [4.78, 5) is 27.9. The lowest BCUT2D eigenvalue weighted by Gasteiger charge is -2.19. The van der Waals surface area contributed by atoms with E-state index in [1.165, 1.54) is 141 Å². The monoisotopic (exact) mass is 602 g/mol. The van der Waals surface area contributed by atoms with Gasteiger partial charge in [0.15, 0.2) is 0 Å². The molecule has 0 aromatic carbocycles. The Morgan fingerprint density at radius 1 is 0.442 bits per heavy atom. The molecule has 43 heavy (non-hydrogen) atoms. The Morgan fingerprint density at radius 3 is 1.02 bits per heavy atom. The summed E-state index contributed by atoms with van der Waals surface area (Å²) in [6.07, 6.45) is 43.3. The summed E-state index contributed by atoms with van der Waals surface area (Å²) in [5.41, 5.74) is 0. The number of unbranched alkanes of at least 4 members (excludes halogenated alkanes) is 22. The van der Waals surface area contributed by atoms with Gasteiger partial charge < -0.3 is 4.90 Å². The van der Waals surface area contributed by atoms with Gasteiger partial charge in [-0.1, -0.05) is 141 Å². The van der Waals surface area contributed by atoms with Crippen molar-refractivity contribution in [2.45, 2.75) is 194 Å². The number of hydrogen-bond acceptors (Lipinski definition) is 3. The molecule has 0 aromatic heterocycles. The molecular weight excluding hydrogens is 526 g/mol. The van der Waals surface area contributed by atoms with E-state index in [-0.39, 0.29) is 11.6 Å². The summed E-state index contributed by atoms with van der Waals surface area (Å²) in [6.45, 7) is 5.11. The average molecular weight is 602 g/mol. The van der Waals surface area contributed by atoms with E-state index in [2.05, 4.69) is 38.2 Å². The van der Waals surface area contributed by atoms with E-state index in [0.29, 0.717) is 19.4 Å². The fourth-order valence-electron chi connectivity index (χ4n) is 5.84. The highest BCUT2D eigenvalue weighted by atomic mass is 16.1. The summed E-state index contributed by atoms with van der Waals surface area (Å²) < 4.78 is 0. The molecule has 0 saturated carbocycles. The summed E-state index contributed by atoms with van der Waals surface area (Å²) in [7, 11) is 3.94. The van der Waals surface area contributed by atoms with E-state index in [0.717, 1.165) is 25.7 Å². The predicted molar refractivity (Wildman–Crippen MR) is 191 cm³/mol. The number of nitrogens with zero attached hydrogens (tertiary/aromatic N) is 1. The molecule has 0 amide bonds. The third-order valence-corrected chi connectivity index (χ3v) is 8.69. The van der Waals surface area contributed by atoms with Crippen molar-refractivity contribution in [1.29, 1.82) is 0 Å². The molecule has 0 spiro atoms. The predicted octanol–water partition coefficient (Wildman–Crippen LogP) is 12.4. The van der Waals surface area contributed by atoms with Gasteiger partial charge in [0.2, 0.25) is 0 Å². The number of ketones is 2. The molecular formula is C40H75NO2. The fourth-order valence-corrected chi connectivity index (χ4v) is 5.84. The third-order valence-electron chi connectivity index (χ3n) is 8.69. The highest BCUT2D eigenvalue weighted by molar-refractivity contribution is 6.02. The van der Waals surface area contributed by atoms with E-state index in [1.54, 1.807) is 0 Å². The minimum Gasteiger partial charge on any atom is -0.308 e. The van der Waals surface area contributed by atoms with Gasteiger partial charge in [-0.25, -0.2) is 0 Å². The molecule has 0 heterocycles. The van der Waals surface area contributed by atoms with E-state index in [1.807, 2.05) is 19.0 Å². The Morgan fingerprint density at radius 2 is 0.721 bits per heavy atom. The lowest BCUT2D eigenvalue weighted by molar-refractivity contribution is -0.133. The zero-order valence-electron chi connectivity index (χ0n) is 29.7. The van der Waals surface area contributed by atoms with Gasteiger partial charge in [0, 0.05) is 19.4 Å². The van der Waals surface area contributed by atoms with E-state index in [4.69, 9.17) is 0 Å². The fraction of sp³-hybridized carbons (Fsp3) is 0.850. The number of carbonyl (C=O) groups excluding carboxylic acids is 2. The largest absolute Gasteiger partial charge is 0.308 e. The molecule has 3 nitrogen and oxygen atoms in total. The highest BCUT2D eigenvalue weighted by Crippen LogP contribution is 2.16. The molecule has 0 aliphatic heterocycles. The first-order chi connectivity index (χ1) is 21.0. The molecule has 0 rings (SSSR count). The van der Waals surface area contributed by atoms with Gasteiger partial charge in [0.25, 0.3) is 0 Å². The number of carbonyl (C=O) groups is 2. The van der Waals surface area contributed by atoms with Crippen LogP contribution in [-0.4, -0.2) is 37.1 Å². The number of rotatable bonds is 34. The summed E-state index contributed by atoms with van der Waals surface area (Å²) in [5, 5.41) is 0. The van der Waals surface area contributed by atoms with Gasteiger partial charge in [-0.15, -0.1) is 0 Å². The molecule has 0 aliphatic carbocycles. The lowest BCUT2D eigenvalue weighted by Crippen LogP contribution is -2.34. The van der Waals surface area contributed by atoms with Gasteiger partial charge in [-0.2, -0.15) is 0 Å². The molecule has 0 unspecified atom stereocenters. The van der Waals surface area contributed by atoms with Crippen LogP contribution in [0.5, 0.6) is 0 Å². The van der Waals surface area contributed by atoms with Crippen LogP contribution < -0.4 is 0 Å². The summed E-state index contributed by atoms with van der Waals surface area (Å²) in [6, 6.07) is 0. The van der Waals surface area contributed by atoms with E-state index < -0.39 is 5.92 Å². The standard InChI is InChI=1S/C40H75NO2/c1-5-7-9-11-13-15-17-19-21-23-25-27-29-31-33-35-39(42)38(37-41(3)4)40(43)36-34-32-30-28-26-24-22-20-18-16-14-12-10-8-6-2/h19-22,38H,5-18,23-37H2,1-4H3/b21-19-,22-20-. The second-order valence-corrected chi connectivity index (χ2v) is 13.4. The van der Waals surface area contributed by atoms with Crippen LogP contribution in [0.15, 0.2) is 24.3 Å². The normalized spacial score (nSPS) is 12.0. The Kier molecular flexibility index (Phi) is 32.7. The van der Waals surface area contributed by atoms with Crippen molar-refractivity contribution in [1.82, 2.24) is 4.90 Å². The highest BCUT2D eigenvalue weighted by Gasteiger charge is 2.25. The topological polar surface area (TPSA) is 37.4 Å². The maximum atomic E-state index is 13.0. The van der Waals surface area contributed by atoms with Crippen molar-refractivity contribution in [2.75, 3.05) is 20.6 Å². The van der Waals surface area contributed by atoms with Crippen LogP contribution in [0.4, 0.5) is 0 Å². The zero-order valence-corrected chi connectivity index (χ0v) is 29.7. The second kappa shape index (κ2) is 33.7. The van der Waals surface area contributed by atoms with Gasteiger partial charge in [0.05, 0.1) is 5.92 Å². The molecule has 0 aromatic rings. The smallest absolute Gasteiger partial charge is 0.144 e. The van der Waals surface area contributed by atoms with Gasteiger partial charge in [0.1, 0.15) is 11.6 Å². The molecule has 3 heteroatoms. The van der Waals surface area contributed by atoms with Crippen molar-refractivity contribution in [3.05, 3.63) is 24.3 Å². The first-order valence-corrected chi connectivity index (χ1v) is 19.0. The Labute approximate surface area is 270 Å². The van der Waals surface area contributed by atoms with Gasteiger partial charge >= 0.3 is 0 Å². The minimum absolute atomic E-state index is 0.170. The zero-order chi connectivity index (χ0) is 31.6. The first kappa shape index (κ1) is 41.8. The molecule has 0 aliphatic rings. The van der Waals surface area contributed by atoms with Gasteiger partial charge in [-0.05, 0) is 78.3 Å². The van der Waals surface area contributed by atoms with E-state index >= 15 is 0 Å². The number of hydrogen-bond donors (Lipinski definition) is 0. The Bertz CT molecular complexity index is 613. The van der Waals surface area contributed by atoms with Gasteiger partial charge in [-0.3, -0.25) is 9.59 Å². The van der Waals surface area contributed by atoms with Crippen LogP contribution in [-0.2, 0) is 9.59 Å². The Hall–Kier alpha value is -1.22. The van der Waals surface area contributed by atoms with Crippen molar-refractivity contribution in [3.8, 4) is 0 Å². The molecule has 0 atom stereocenters. The van der Waals surface area contributed by atoms with E-state index in [9.17, 15) is 9.59 Å².